The third kappa shape index (κ3) is 2.96. The van der Waals surface area contributed by atoms with Crippen LogP contribution in [0.5, 0.6) is 0 Å². The zero-order valence-corrected chi connectivity index (χ0v) is 10.2. The van der Waals surface area contributed by atoms with E-state index in [1.165, 1.54) is 24.0 Å². The van der Waals surface area contributed by atoms with Crippen LogP contribution < -0.4 is 5.32 Å². The Morgan fingerprint density at radius 3 is 2.88 bits per heavy atom. The van der Waals surface area contributed by atoms with Crippen molar-refractivity contribution in [3.63, 3.8) is 0 Å². The number of nitrogens with one attached hydrogen (secondary N) is 1. The van der Waals surface area contributed by atoms with Gasteiger partial charge in [0.05, 0.1) is 0 Å². The van der Waals surface area contributed by atoms with Gasteiger partial charge in [0.1, 0.15) is 0 Å². The third-order valence-electron chi connectivity index (χ3n) is 3.40. The largest absolute Gasteiger partial charge is 0.310 e. The molecule has 1 fully saturated rings. The van der Waals surface area contributed by atoms with Crippen LogP contribution in [0.15, 0.2) is 30.3 Å². The summed E-state index contributed by atoms with van der Waals surface area (Å²) in [5.74, 6) is 0.854. The molecular weight excluding hydrogens is 194 g/mol. The Labute approximate surface area is 98.6 Å². The summed E-state index contributed by atoms with van der Waals surface area (Å²) >= 11 is 0. The molecule has 2 atom stereocenters. The van der Waals surface area contributed by atoms with Crippen LogP contribution >= 0.6 is 0 Å². The van der Waals surface area contributed by atoms with Gasteiger partial charge in [-0.1, -0.05) is 43.3 Å². The van der Waals surface area contributed by atoms with E-state index in [0.717, 1.165) is 12.5 Å². The molecule has 86 valence electrons. The van der Waals surface area contributed by atoms with Crippen molar-refractivity contribution in [1.29, 1.82) is 0 Å². The molecule has 0 radical (unpaired) electrons. The summed E-state index contributed by atoms with van der Waals surface area (Å²) in [4.78, 5) is 0. The number of benzene rings is 1. The molecule has 1 aliphatic rings. The van der Waals surface area contributed by atoms with Gasteiger partial charge in [0.15, 0.2) is 0 Å². The number of hydrogen-bond donors (Lipinski definition) is 1. The number of piperidine rings is 1. The van der Waals surface area contributed by atoms with E-state index in [4.69, 9.17) is 0 Å². The van der Waals surface area contributed by atoms with Gasteiger partial charge < -0.3 is 5.32 Å². The normalized spacial score (nSPS) is 26.1. The first-order chi connectivity index (χ1) is 7.75. The van der Waals surface area contributed by atoms with E-state index in [1.54, 1.807) is 0 Å². The fourth-order valence-electron chi connectivity index (χ4n) is 2.29. The Kier molecular flexibility index (Phi) is 3.79. The average molecular weight is 215 g/mol. The van der Waals surface area contributed by atoms with Gasteiger partial charge in [-0.2, -0.15) is 0 Å². The second kappa shape index (κ2) is 5.31. The summed E-state index contributed by atoms with van der Waals surface area (Å²) in [6, 6.07) is 9.09. The maximum atomic E-state index is 3.55. The smallest absolute Gasteiger partial charge is 0.0255 e. The van der Waals surface area contributed by atoms with Crippen molar-refractivity contribution in [3.8, 4) is 0 Å². The number of hydrogen-bond acceptors (Lipinski definition) is 1. The van der Waals surface area contributed by atoms with Crippen LogP contribution in [0, 0.1) is 12.8 Å². The van der Waals surface area contributed by atoms with Crippen LogP contribution in [-0.4, -0.2) is 12.6 Å². The summed E-state index contributed by atoms with van der Waals surface area (Å²) < 4.78 is 0. The molecule has 2 unspecified atom stereocenters. The van der Waals surface area contributed by atoms with Crippen molar-refractivity contribution in [1.82, 2.24) is 5.32 Å². The highest BCUT2D eigenvalue weighted by atomic mass is 14.9. The number of rotatable bonds is 2. The monoisotopic (exact) mass is 215 g/mol. The lowest BCUT2D eigenvalue weighted by atomic mass is 9.93. The predicted octanol–water partition coefficient (Wildman–Crippen LogP) is 3.40. The zero-order chi connectivity index (χ0) is 11.4. The quantitative estimate of drug-likeness (QED) is 0.797. The molecule has 16 heavy (non-hydrogen) atoms. The second-order valence-electron chi connectivity index (χ2n) is 4.91. The maximum Gasteiger partial charge on any atom is 0.0255 e. The predicted molar refractivity (Wildman–Crippen MR) is 70.4 cm³/mol. The van der Waals surface area contributed by atoms with Gasteiger partial charge >= 0.3 is 0 Å². The minimum Gasteiger partial charge on any atom is -0.310 e. The first kappa shape index (κ1) is 11.4. The summed E-state index contributed by atoms with van der Waals surface area (Å²) in [5.41, 5.74) is 2.69. The van der Waals surface area contributed by atoms with E-state index in [1.807, 2.05) is 0 Å². The van der Waals surface area contributed by atoms with Gasteiger partial charge in [-0.15, -0.1) is 0 Å². The molecule has 0 bridgehead atoms. The van der Waals surface area contributed by atoms with Gasteiger partial charge in [-0.05, 0) is 43.4 Å². The standard InChI is InChI=1S/C15H21N/c1-12-9-10-16-15(11-12)8-7-14-6-4-3-5-13(14)2/h3-8,12,15-16H,9-11H2,1-2H3/b8-7+. The fraction of sp³-hybridized carbons (Fsp3) is 0.467. The van der Waals surface area contributed by atoms with E-state index >= 15 is 0 Å². The lowest BCUT2D eigenvalue weighted by Crippen LogP contribution is -2.35. The summed E-state index contributed by atoms with van der Waals surface area (Å²) in [6.07, 6.45) is 7.15. The van der Waals surface area contributed by atoms with E-state index < -0.39 is 0 Å². The van der Waals surface area contributed by atoms with E-state index in [0.29, 0.717) is 6.04 Å². The second-order valence-corrected chi connectivity index (χ2v) is 4.91. The Bertz CT molecular complexity index is 367. The molecule has 1 aromatic carbocycles. The first-order valence-corrected chi connectivity index (χ1v) is 6.23. The highest BCUT2D eigenvalue weighted by Gasteiger charge is 2.15. The van der Waals surface area contributed by atoms with Gasteiger partial charge in [-0.3, -0.25) is 0 Å². The molecule has 0 amide bonds. The summed E-state index contributed by atoms with van der Waals surface area (Å²) in [7, 11) is 0. The van der Waals surface area contributed by atoms with E-state index in [-0.39, 0.29) is 0 Å². The maximum absolute atomic E-state index is 3.55. The lowest BCUT2D eigenvalue weighted by molar-refractivity contribution is 0.357. The molecular formula is C15H21N. The molecule has 0 aromatic heterocycles. The molecule has 0 saturated carbocycles. The zero-order valence-electron chi connectivity index (χ0n) is 10.2. The van der Waals surface area contributed by atoms with Crippen LogP contribution in [0.2, 0.25) is 0 Å². The molecule has 1 aromatic rings. The van der Waals surface area contributed by atoms with Crippen LogP contribution in [0.1, 0.15) is 30.9 Å². The molecule has 1 nitrogen and oxygen atoms in total. The van der Waals surface area contributed by atoms with Crippen molar-refractivity contribution in [2.24, 2.45) is 5.92 Å². The van der Waals surface area contributed by atoms with Gasteiger partial charge in [0, 0.05) is 6.04 Å². The van der Waals surface area contributed by atoms with Gasteiger partial charge in [0.2, 0.25) is 0 Å². The Hall–Kier alpha value is -1.08. The molecule has 1 saturated heterocycles. The third-order valence-corrected chi connectivity index (χ3v) is 3.40. The highest BCUT2D eigenvalue weighted by molar-refractivity contribution is 5.53. The van der Waals surface area contributed by atoms with Crippen LogP contribution in [0.4, 0.5) is 0 Å². The molecule has 0 spiro atoms. The molecule has 1 heteroatoms. The van der Waals surface area contributed by atoms with Crippen molar-refractivity contribution in [2.75, 3.05) is 6.54 Å². The average Bonchev–Trinajstić information content (AvgIpc) is 2.28. The topological polar surface area (TPSA) is 12.0 Å². The summed E-state index contributed by atoms with van der Waals surface area (Å²) in [6.45, 7) is 5.66. The molecule has 2 rings (SSSR count). The van der Waals surface area contributed by atoms with Crippen molar-refractivity contribution >= 4 is 6.08 Å². The molecule has 1 N–H and O–H groups in total. The Morgan fingerprint density at radius 2 is 2.12 bits per heavy atom. The van der Waals surface area contributed by atoms with Crippen molar-refractivity contribution in [2.45, 2.75) is 32.7 Å². The van der Waals surface area contributed by atoms with Crippen LogP contribution in [0.3, 0.4) is 0 Å². The van der Waals surface area contributed by atoms with Crippen molar-refractivity contribution in [3.05, 3.63) is 41.5 Å². The van der Waals surface area contributed by atoms with E-state index in [2.05, 4.69) is 55.6 Å². The van der Waals surface area contributed by atoms with Crippen LogP contribution in [0.25, 0.3) is 6.08 Å². The Morgan fingerprint density at radius 1 is 1.31 bits per heavy atom. The first-order valence-electron chi connectivity index (χ1n) is 6.23. The fourth-order valence-corrected chi connectivity index (χ4v) is 2.29. The highest BCUT2D eigenvalue weighted by Crippen LogP contribution is 2.17. The summed E-state index contributed by atoms with van der Waals surface area (Å²) in [5, 5.41) is 3.55. The lowest BCUT2D eigenvalue weighted by Gasteiger charge is -2.25. The number of aryl methyl sites for hydroxylation is 1. The minimum absolute atomic E-state index is 0.559. The van der Waals surface area contributed by atoms with Crippen molar-refractivity contribution < 1.29 is 0 Å². The molecule has 1 heterocycles. The van der Waals surface area contributed by atoms with Gasteiger partial charge in [0.25, 0.3) is 0 Å². The minimum atomic E-state index is 0.559. The molecule has 0 aliphatic carbocycles. The van der Waals surface area contributed by atoms with E-state index in [9.17, 15) is 0 Å². The van der Waals surface area contributed by atoms with Crippen LogP contribution in [-0.2, 0) is 0 Å². The van der Waals surface area contributed by atoms with Gasteiger partial charge in [-0.25, -0.2) is 0 Å². The Balaban J connectivity index is 2.01. The SMILES string of the molecule is Cc1ccccc1/C=C/C1CC(C)CCN1. The molecule has 1 aliphatic heterocycles.